The Hall–Kier alpha value is -1.67. The van der Waals surface area contributed by atoms with Crippen LogP contribution in [0, 0.1) is 0 Å². The van der Waals surface area contributed by atoms with Crippen molar-refractivity contribution in [1.29, 1.82) is 0 Å². The minimum atomic E-state index is -0.192. The summed E-state index contributed by atoms with van der Waals surface area (Å²) in [6.07, 6.45) is 5.48. The van der Waals surface area contributed by atoms with Crippen molar-refractivity contribution in [2.24, 2.45) is 7.05 Å². The van der Waals surface area contributed by atoms with Crippen LogP contribution in [0.5, 0.6) is 0 Å². The van der Waals surface area contributed by atoms with Crippen LogP contribution in [0.25, 0.3) is 0 Å². The number of hydrogen-bond donors (Lipinski definition) is 1. The van der Waals surface area contributed by atoms with E-state index in [1.165, 1.54) is 0 Å². The van der Waals surface area contributed by atoms with E-state index in [-0.39, 0.29) is 5.56 Å². The van der Waals surface area contributed by atoms with Crippen molar-refractivity contribution in [3.8, 4) is 0 Å². The smallest absolute Gasteiger partial charge is 0.280 e. The minimum Gasteiger partial charge on any atom is -0.367 e. The van der Waals surface area contributed by atoms with Crippen molar-refractivity contribution in [2.45, 2.75) is 6.54 Å². The standard InChI is InChI=1S/C13H17BrN6O/c1-18-3-2-15-11(18)9-19-4-6-20(7-5-19)10-8-16-17-13(21)12(10)14/h2-3,8H,4-7,9H2,1H3,(H,17,21). The third-order valence-electron chi connectivity index (χ3n) is 3.78. The fraction of sp³-hybridized carbons (Fsp3) is 0.462. The van der Waals surface area contributed by atoms with Crippen LogP contribution in [-0.2, 0) is 13.6 Å². The molecule has 1 aliphatic heterocycles. The first-order chi connectivity index (χ1) is 10.1. The largest absolute Gasteiger partial charge is 0.367 e. The van der Waals surface area contributed by atoms with Crippen molar-refractivity contribution in [3.05, 3.63) is 39.2 Å². The van der Waals surface area contributed by atoms with Crippen LogP contribution in [0.4, 0.5) is 5.69 Å². The maximum Gasteiger partial charge on any atom is 0.280 e. The lowest BCUT2D eigenvalue weighted by Gasteiger charge is -2.35. The molecule has 0 atom stereocenters. The van der Waals surface area contributed by atoms with Gasteiger partial charge in [0.05, 0.1) is 18.4 Å². The van der Waals surface area contributed by atoms with Crippen LogP contribution in [0.3, 0.4) is 0 Å². The molecule has 21 heavy (non-hydrogen) atoms. The van der Waals surface area contributed by atoms with Gasteiger partial charge in [-0.25, -0.2) is 10.1 Å². The number of anilines is 1. The van der Waals surface area contributed by atoms with Crippen molar-refractivity contribution in [1.82, 2.24) is 24.6 Å². The predicted octanol–water partition coefficient (Wildman–Crippen LogP) is 0.588. The number of H-pyrrole nitrogens is 1. The van der Waals surface area contributed by atoms with Gasteiger partial charge in [0.25, 0.3) is 5.56 Å². The van der Waals surface area contributed by atoms with E-state index >= 15 is 0 Å². The van der Waals surface area contributed by atoms with E-state index < -0.39 is 0 Å². The van der Waals surface area contributed by atoms with Crippen LogP contribution >= 0.6 is 15.9 Å². The highest BCUT2D eigenvalue weighted by Gasteiger charge is 2.20. The molecule has 2 aromatic heterocycles. The number of rotatable bonds is 3. The van der Waals surface area contributed by atoms with Crippen molar-refractivity contribution >= 4 is 21.6 Å². The number of aryl methyl sites for hydroxylation is 1. The average Bonchev–Trinajstić information content (AvgIpc) is 2.88. The first-order valence-electron chi connectivity index (χ1n) is 6.82. The van der Waals surface area contributed by atoms with Crippen LogP contribution in [0.1, 0.15) is 5.82 Å². The number of nitrogens with one attached hydrogen (secondary N) is 1. The lowest BCUT2D eigenvalue weighted by Crippen LogP contribution is -2.46. The summed E-state index contributed by atoms with van der Waals surface area (Å²) in [4.78, 5) is 20.5. The molecular weight excluding hydrogens is 336 g/mol. The van der Waals surface area contributed by atoms with E-state index in [4.69, 9.17) is 0 Å². The SMILES string of the molecule is Cn1ccnc1CN1CCN(c2cn[nH]c(=O)c2Br)CC1. The summed E-state index contributed by atoms with van der Waals surface area (Å²) in [7, 11) is 2.01. The zero-order chi connectivity index (χ0) is 14.8. The zero-order valence-corrected chi connectivity index (χ0v) is 13.4. The van der Waals surface area contributed by atoms with Gasteiger partial charge >= 0.3 is 0 Å². The number of halogens is 1. The molecule has 0 spiro atoms. The van der Waals surface area contributed by atoms with Crippen LogP contribution < -0.4 is 10.5 Å². The quantitative estimate of drug-likeness (QED) is 0.875. The number of aromatic amines is 1. The van der Waals surface area contributed by atoms with Gasteiger partial charge in [-0.3, -0.25) is 9.69 Å². The molecule has 8 heteroatoms. The highest BCUT2D eigenvalue weighted by Crippen LogP contribution is 2.22. The molecule has 1 fully saturated rings. The molecule has 0 saturated carbocycles. The van der Waals surface area contributed by atoms with Crippen molar-refractivity contribution in [3.63, 3.8) is 0 Å². The molecule has 2 aromatic rings. The van der Waals surface area contributed by atoms with Crippen LogP contribution in [0.2, 0.25) is 0 Å². The lowest BCUT2D eigenvalue weighted by atomic mass is 10.3. The highest BCUT2D eigenvalue weighted by molar-refractivity contribution is 9.10. The second kappa shape index (κ2) is 5.98. The summed E-state index contributed by atoms with van der Waals surface area (Å²) in [5.41, 5.74) is 0.665. The number of aromatic nitrogens is 4. The molecule has 0 bridgehead atoms. The van der Waals surface area contributed by atoms with Gasteiger partial charge in [0.1, 0.15) is 10.3 Å². The first kappa shape index (κ1) is 14.3. The van der Waals surface area contributed by atoms with Gasteiger partial charge < -0.3 is 9.47 Å². The van der Waals surface area contributed by atoms with E-state index in [9.17, 15) is 4.79 Å². The molecule has 112 valence electrons. The molecule has 1 saturated heterocycles. The average molecular weight is 353 g/mol. The molecule has 1 N–H and O–H groups in total. The summed E-state index contributed by atoms with van der Waals surface area (Å²) in [6.45, 7) is 4.46. The highest BCUT2D eigenvalue weighted by atomic mass is 79.9. The summed E-state index contributed by atoms with van der Waals surface area (Å²) in [5, 5.41) is 6.30. The molecule has 3 rings (SSSR count). The second-order valence-electron chi connectivity index (χ2n) is 5.12. The molecule has 0 aromatic carbocycles. The van der Waals surface area contributed by atoms with E-state index in [0.29, 0.717) is 4.47 Å². The van der Waals surface area contributed by atoms with E-state index in [0.717, 1.165) is 44.2 Å². The molecule has 0 unspecified atom stereocenters. The normalized spacial score (nSPS) is 16.4. The maximum atomic E-state index is 11.6. The van der Waals surface area contributed by atoms with Gasteiger partial charge in [0.2, 0.25) is 0 Å². The Kier molecular flexibility index (Phi) is 4.07. The van der Waals surface area contributed by atoms with Crippen molar-refractivity contribution in [2.75, 3.05) is 31.1 Å². The zero-order valence-electron chi connectivity index (χ0n) is 11.8. The molecule has 0 aliphatic carbocycles. The monoisotopic (exact) mass is 352 g/mol. The van der Waals surface area contributed by atoms with E-state index in [1.54, 1.807) is 6.20 Å². The molecule has 1 aliphatic rings. The molecule has 0 amide bonds. The predicted molar refractivity (Wildman–Crippen MR) is 83.3 cm³/mol. The molecular formula is C13H17BrN6O. The fourth-order valence-corrected chi connectivity index (χ4v) is 2.93. The third-order valence-corrected chi connectivity index (χ3v) is 4.54. The van der Waals surface area contributed by atoms with Gasteiger partial charge in [-0.15, -0.1) is 0 Å². The Bertz CT molecular complexity index is 673. The van der Waals surface area contributed by atoms with E-state index in [1.807, 2.05) is 24.0 Å². The molecule has 7 nitrogen and oxygen atoms in total. The van der Waals surface area contributed by atoms with Crippen LogP contribution in [0.15, 0.2) is 27.9 Å². The summed E-state index contributed by atoms with van der Waals surface area (Å²) in [6, 6.07) is 0. The Morgan fingerprint density at radius 2 is 2.10 bits per heavy atom. The minimum absolute atomic E-state index is 0.192. The van der Waals surface area contributed by atoms with Crippen molar-refractivity contribution < 1.29 is 0 Å². The number of imidazole rings is 1. The number of hydrogen-bond acceptors (Lipinski definition) is 5. The van der Waals surface area contributed by atoms with Gasteiger partial charge in [-0.1, -0.05) is 0 Å². The summed E-state index contributed by atoms with van der Waals surface area (Å²) in [5.74, 6) is 1.07. The Balaban J connectivity index is 1.64. The Labute approximate surface area is 130 Å². The van der Waals surface area contributed by atoms with E-state index in [2.05, 4.69) is 40.9 Å². The maximum absolute atomic E-state index is 11.6. The first-order valence-corrected chi connectivity index (χ1v) is 7.61. The van der Waals surface area contributed by atoms with Gasteiger partial charge in [0, 0.05) is 45.6 Å². The number of piperazine rings is 1. The molecule has 3 heterocycles. The fourth-order valence-electron chi connectivity index (χ4n) is 2.49. The second-order valence-corrected chi connectivity index (χ2v) is 5.91. The Morgan fingerprint density at radius 1 is 1.33 bits per heavy atom. The lowest BCUT2D eigenvalue weighted by molar-refractivity contribution is 0.241. The summed E-state index contributed by atoms with van der Waals surface area (Å²) < 4.78 is 2.60. The topological polar surface area (TPSA) is 70.1 Å². The van der Waals surface area contributed by atoms with Gasteiger partial charge in [-0.05, 0) is 15.9 Å². The summed E-state index contributed by atoms with van der Waals surface area (Å²) >= 11 is 3.34. The third kappa shape index (κ3) is 3.01. The molecule has 0 radical (unpaired) electrons. The van der Waals surface area contributed by atoms with Crippen LogP contribution in [-0.4, -0.2) is 50.8 Å². The van der Waals surface area contributed by atoms with Gasteiger partial charge in [-0.2, -0.15) is 5.10 Å². The Morgan fingerprint density at radius 3 is 2.76 bits per heavy atom. The number of nitrogens with zero attached hydrogens (tertiary/aromatic N) is 5. The van der Waals surface area contributed by atoms with Gasteiger partial charge in [0.15, 0.2) is 0 Å².